The molecule has 1 N–H and O–H groups in total. The Morgan fingerprint density at radius 1 is 1.05 bits per heavy atom. The molecule has 0 radical (unpaired) electrons. The summed E-state index contributed by atoms with van der Waals surface area (Å²) in [5.74, 6) is 0. The lowest BCUT2D eigenvalue weighted by Crippen LogP contribution is -2.26. The second-order valence-corrected chi connectivity index (χ2v) is 5.66. The summed E-state index contributed by atoms with van der Waals surface area (Å²) in [5.41, 5.74) is 7.04. The summed E-state index contributed by atoms with van der Waals surface area (Å²) in [6, 6.07) is 16.2. The zero-order valence-corrected chi connectivity index (χ0v) is 12.2. The molecule has 20 heavy (non-hydrogen) atoms. The zero-order valence-electron chi connectivity index (χ0n) is 12.2. The molecule has 0 saturated carbocycles. The van der Waals surface area contributed by atoms with Gasteiger partial charge in [-0.1, -0.05) is 48.5 Å². The second-order valence-electron chi connectivity index (χ2n) is 5.66. The number of nitrogens with one attached hydrogen (secondary N) is 1. The Labute approximate surface area is 121 Å². The Morgan fingerprint density at radius 3 is 2.60 bits per heavy atom. The van der Waals surface area contributed by atoms with Crippen LogP contribution in [0.3, 0.4) is 0 Å². The molecule has 3 rings (SSSR count). The highest BCUT2D eigenvalue weighted by Gasteiger charge is 2.19. The standard InChI is InChI=1S/C19H21N/c1-4-13(2)20-14(3)15-9-10-19-17(11-15)12-16-7-5-6-8-18(16)19/h4-11,13-14,20H,1,12H2,2-3H3. The van der Waals surface area contributed by atoms with E-state index in [0.29, 0.717) is 12.1 Å². The van der Waals surface area contributed by atoms with Crippen molar-refractivity contribution in [3.8, 4) is 11.1 Å². The molecule has 0 saturated heterocycles. The number of hydrogen-bond acceptors (Lipinski definition) is 1. The molecule has 102 valence electrons. The fourth-order valence-corrected chi connectivity index (χ4v) is 2.99. The smallest absolute Gasteiger partial charge is 0.0297 e. The van der Waals surface area contributed by atoms with Crippen molar-refractivity contribution in [3.05, 3.63) is 71.8 Å². The van der Waals surface area contributed by atoms with Crippen LogP contribution in [0.15, 0.2) is 55.1 Å². The number of benzene rings is 2. The van der Waals surface area contributed by atoms with E-state index < -0.39 is 0 Å². The highest BCUT2D eigenvalue weighted by atomic mass is 14.9. The minimum absolute atomic E-state index is 0.329. The Morgan fingerprint density at radius 2 is 1.80 bits per heavy atom. The van der Waals surface area contributed by atoms with Gasteiger partial charge in [0.25, 0.3) is 0 Å². The molecule has 2 aromatic rings. The van der Waals surface area contributed by atoms with Crippen molar-refractivity contribution in [3.63, 3.8) is 0 Å². The lowest BCUT2D eigenvalue weighted by Gasteiger charge is -2.18. The summed E-state index contributed by atoms with van der Waals surface area (Å²) >= 11 is 0. The van der Waals surface area contributed by atoms with Crippen LogP contribution in [0.25, 0.3) is 11.1 Å². The van der Waals surface area contributed by atoms with Gasteiger partial charge < -0.3 is 5.32 Å². The molecule has 1 heteroatoms. The summed E-state index contributed by atoms with van der Waals surface area (Å²) in [5, 5.41) is 3.54. The maximum atomic E-state index is 3.83. The predicted molar refractivity (Wildman–Crippen MR) is 85.9 cm³/mol. The van der Waals surface area contributed by atoms with Crippen LogP contribution in [0.2, 0.25) is 0 Å². The molecule has 1 aliphatic rings. The predicted octanol–water partition coefficient (Wildman–Crippen LogP) is 4.48. The molecular formula is C19H21N. The number of rotatable bonds is 4. The Hall–Kier alpha value is -1.86. The van der Waals surface area contributed by atoms with Gasteiger partial charge in [0.2, 0.25) is 0 Å². The second kappa shape index (κ2) is 5.26. The molecule has 2 unspecified atom stereocenters. The molecule has 0 aromatic heterocycles. The van der Waals surface area contributed by atoms with Gasteiger partial charge in [-0.2, -0.15) is 0 Å². The summed E-state index contributed by atoms with van der Waals surface area (Å²) in [6.07, 6.45) is 3.00. The minimum Gasteiger partial charge on any atom is -0.304 e. The van der Waals surface area contributed by atoms with Crippen molar-refractivity contribution in [1.82, 2.24) is 5.32 Å². The Kier molecular flexibility index (Phi) is 3.45. The summed E-state index contributed by atoms with van der Waals surface area (Å²) in [4.78, 5) is 0. The van der Waals surface area contributed by atoms with Crippen LogP contribution in [0.1, 0.15) is 36.6 Å². The van der Waals surface area contributed by atoms with Crippen molar-refractivity contribution in [1.29, 1.82) is 0 Å². The highest BCUT2D eigenvalue weighted by molar-refractivity contribution is 5.76. The van der Waals surface area contributed by atoms with E-state index in [9.17, 15) is 0 Å². The summed E-state index contributed by atoms with van der Waals surface area (Å²) < 4.78 is 0. The highest BCUT2D eigenvalue weighted by Crippen LogP contribution is 2.37. The molecule has 2 aromatic carbocycles. The van der Waals surface area contributed by atoms with E-state index in [1.807, 2.05) is 6.08 Å². The van der Waals surface area contributed by atoms with E-state index in [0.717, 1.165) is 6.42 Å². The molecule has 1 aliphatic carbocycles. The van der Waals surface area contributed by atoms with Gasteiger partial charge in [-0.15, -0.1) is 6.58 Å². The van der Waals surface area contributed by atoms with E-state index in [2.05, 4.69) is 68.2 Å². The third-order valence-corrected chi connectivity index (χ3v) is 4.18. The lowest BCUT2D eigenvalue weighted by molar-refractivity contribution is 0.537. The van der Waals surface area contributed by atoms with Gasteiger partial charge in [-0.3, -0.25) is 0 Å². The lowest BCUT2D eigenvalue weighted by atomic mass is 10.00. The van der Waals surface area contributed by atoms with Crippen LogP contribution in [-0.4, -0.2) is 6.04 Å². The molecular weight excluding hydrogens is 242 g/mol. The fraction of sp³-hybridized carbons (Fsp3) is 0.263. The normalized spacial score (nSPS) is 15.3. The first-order valence-corrected chi connectivity index (χ1v) is 7.28. The van der Waals surface area contributed by atoms with Crippen molar-refractivity contribution in [2.75, 3.05) is 0 Å². The van der Waals surface area contributed by atoms with Gasteiger partial charge in [0.05, 0.1) is 0 Å². The topological polar surface area (TPSA) is 12.0 Å². The maximum absolute atomic E-state index is 3.83. The molecule has 0 bridgehead atoms. The number of fused-ring (bicyclic) bond motifs is 3. The molecule has 0 spiro atoms. The molecule has 0 fully saturated rings. The Balaban J connectivity index is 1.89. The van der Waals surface area contributed by atoms with Crippen molar-refractivity contribution in [2.24, 2.45) is 0 Å². The van der Waals surface area contributed by atoms with Crippen LogP contribution >= 0.6 is 0 Å². The SMILES string of the molecule is C=CC(C)NC(C)c1ccc2c(c1)Cc1ccccc1-2. The minimum atomic E-state index is 0.329. The van der Waals surface area contributed by atoms with Gasteiger partial charge >= 0.3 is 0 Å². The van der Waals surface area contributed by atoms with Crippen LogP contribution in [0.5, 0.6) is 0 Å². The van der Waals surface area contributed by atoms with Crippen LogP contribution in [0.4, 0.5) is 0 Å². The third-order valence-electron chi connectivity index (χ3n) is 4.18. The molecule has 1 nitrogen and oxygen atoms in total. The van der Waals surface area contributed by atoms with Crippen molar-refractivity contribution < 1.29 is 0 Å². The summed E-state index contributed by atoms with van der Waals surface area (Å²) in [6.45, 7) is 8.17. The first kappa shape index (κ1) is 13.1. The van der Waals surface area contributed by atoms with Gasteiger partial charge in [0.1, 0.15) is 0 Å². The van der Waals surface area contributed by atoms with E-state index in [-0.39, 0.29) is 0 Å². The monoisotopic (exact) mass is 263 g/mol. The van der Waals surface area contributed by atoms with Crippen LogP contribution in [0, 0.1) is 0 Å². The maximum Gasteiger partial charge on any atom is 0.0297 e. The van der Waals surface area contributed by atoms with E-state index >= 15 is 0 Å². The summed E-state index contributed by atoms with van der Waals surface area (Å²) in [7, 11) is 0. The van der Waals surface area contributed by atoms with Crippen LogP contribution < -0.4 is 5.32 Å². The van der Waals surface area contributed by atoms with Gasteiger partial charge in [0, 0.05) is 12.1 Å². The molecule has 0 amide bonds. The first-order valence-electron chi connectivity index (χ1n) is 7.28. The van der Waals surface area contributed by atoms with Gasteiger partial charge in [0.15, 0.2) is 0 Å². The van der Waals surface area contributed by atoms with Gasteiger partial charge in [-0.05, 0) is 48.1 Å². The first-order chi connectivity index (χ1) is 9.69. The molecule has 0 aliphatic heterocycles. The average Bonchev–Trinajstić information content (AvgIpc) is 2.84. The largest absolute Gasteiger partial charge is 0.304 e. The fourth-order valence-electron chi connectivity index (χ4n) is 2.99. The molecule has 0 heterocycles. The average molecular weight is 263 g/mol. The Bertz CT molecular complexity index is 642. The molecule has 2 atom stereocenters. The third kappa shape index (κ3) is 2.30. The quantitative estimate of drug-likeness (QED) is 0.684. The van der Waals surface area contributed by atoms with E-state index in [1.54, 1.807) is 0 Å². The number of hydrogen-bond donors (Lipinski definition) is 1. The van der Waals surface area contributed by atoms with E-state index in [1.165, 1.54) is 27.8 Å². The van der Waals surface area contributed by atoms with Gasteiger partial charge in [-0.25, -0.2) is 0 Å². The van der Waals surface area contributed by atoms with Crippen LogP contribution in [-0.2, 0) is 6.42 Å². The van der Waals surface area contributed by atoms with E-state index in [4.69, 9.17) is 0 Å². The zero-order chi connectivity index (χ0) is 14.1. The van der Waals surface area contributed by atoms with Crippen molar-refractivity contribution in [2.45, 2.75) is 32.4 Å². The van der Waals surface area contributed by atoms with Crippen molar-refractivity contribution >= 4 is 0 Å².